The number of furan rings is 1. The fourth-order valence-electron chi connectivity index (χ4n) is 3.31. The van der Waals surface area contributed by atoms with E-state index in [4.69, 9.17) is 9.52 Å². The van der Waals surface area contributed by atoms with Crippen molar-refractivity contribution in [2.24, 2.45) is 0 Å². The van der Waals surface area contributed by atoms with Crippen LogP contribution in [-0.2, 0) is 6.54 Å². The van der Waals surface area contributed by atoms with Gasteiger partial charge in [0.25, 0.3) is 5.56 Å². The molecule has 8 nitrogen and oxygen atoms in total. The van der Waals surface area contributed by atoms with Crippen LogP contribution in [0.3, 0.4) is 0 Å². The van der Waals surface area contributed by atoms with Crippen molar-refractivity contribution >= 4 is 33.5 Å². The molecule has 4 rings (SSSR count). The molecule has 0 radical (unpaired) electrons. The average Bonchev–Trinajstić information content (AvgIpc) is 3.29. The molecule has 9 heteroatoms. The van der Waals surface area contributed by atoms with Gasteiger partial charge in [-0.25, -0.2) is 14.6 Å². The van der Waals surface area contributed by atoms with Gasteiger partial charge >= 0.3 is 11.9 Å². The standard InChI is InChI=1S/C21H16N2O6S/c1-10-4-3-5-12(8-10)17-22-18-15(11(2)16(30-18)21(27)28)19(24)23(17)9-13-6-7-14(29-13)20(25)26/h3-8H,9H2,1-2H3,(H,25,26)(H,27,28). The molecule has 0 bridgehead atoms. The first-order chi connectivity index (χ1) is 14.3. The molecular weight excluding hydrogens is 408 g/mol. The lowest BCUT2D eigenvalue weighted by Crippen LogP contribution is -2.24. The van der Waals surface area contributed by atoms with Crippen molar-refractivity contribution in [1.82, 2.24) is 9.55 Å². The zero-order chi connectivity index (χ0) is 21.6. The van der Waals surface area contributed by atoms with Crippen molar-refractivity contribution in [2.45, 2.75) is 20.4 Å². The Morgan fingerprint density at radius 2 is 1.90 bits per heavy atom. The third-order valence-electron chi connectivity index (χ3n) is 4.71. The van der Waals surface area contributed by atoms with Gasteiger partial charge in [-0.1, -0.05) is 23.8 Å². The van der Waals surface area contributed by atoms with Crippen LogP contribution in [0.5, 0.6) is 0 Å². The monoisotopic (exact) mass is 424 g/mol. The number of aryl methyl sites for hydroxylation is 2. The predicted molar refractivity (Wildman–Crippen MR) is 111 cm³/mol. The third-order valence-corrected chi connectivity index (χ3v) is 5.88. The Balaban J connectivity index is 1.99. The van der Waals surface area contributed by atoms with E-state index in [1.54, 1.807) is 13.0 Å². The summed E-state index contributed by atoms with van der Waals surface area (Å²) in [5.41, 5.74) is 1.59. The molecule has 0 atom stereocenters. The fraction of sp³-hybridized carbons (Fsp3) is 0.143. The molecule has 0 saturated carbocycles. The van der Waals surface area contributed by atoms with Crippen LogP contribution >= 0.6 is 11.3 Å². The van der Waals surface area contributed by atoms with E-state index in [2.05, 4.69) is 4.98 Å². The first kappa shape index (κ1) is 19.6. The molecular formula is C21H16N2O6S. The first-order valence-corrected chi connectivity index (χ1v) is 9.74. The Hall–Kier alpha value is -3.72. The van der Waals surface area contributed by atoms with Gasteiger partial charge in [0.2, 0.25) is 5.76 Å². The highest BCUT2D eigenvalue weighted by atomic mass is 32.1. The van der Waals surface area contributed by atoms with Crippen LogP contribution in [-0.4, -0.2) is 31.7 Å². The number of benzene rings is 1. The highest BCUT2D eigenvalue weighted by molar-refractivity contribution is 7.20. The highest BCUT2D eigenvalue weighted by Crippen LogP contribution is 2.30. The summed E-state index contributed by atoms with van der Waals surface area (Å²) in [6, 6.07) is 10.2. The van der Waals surface area contributed by atoms with Crippen LogP contribution in [0.2, 0.25) is 0 Å². The fourth-order valence-corrected chi connectivity index (χ4v) is 4.32. The number of rotatable bonds is 5. The molecule has 0 spiro atoms. The number of aromatic carboxylic acids is 2. The van der Waals surface area contributed by atoms with E-state index >= 15 is 0 Å². The second kappa shape index (κ2) is 7.27. The van der Waals surface area contributed by atoms with Gasteiger partial charge in [-0.2, -0.15) is 0 Å². The molecule has 0 amide bonds. The summed E-state index contributed by atoms with van der Waals surface area (Å²) in [6.07, 6.45) is 0. The molecule has 0 fully saturated rings. The molecule has 0 aliphatic rings. The lowest BCUT2D eigenvalue weighted by atomic mass is 10.1. The van der Waals surface area contributed by atoms with Crippen LogP contribution in [0.4, 0.5) is 0 Å². The van der Waals surface area contributed by atoms with E-state index in [9.17, 15) is 19.5 Å². The normalized spacial score (nSPS) is 11.1. The predicted octanol–water partition coefficient (Wildman–Crippen LogP) is 3.78. The second-order valence-corrected chi connectivity index (χ2v) is 7.81. The van der Waals surface area contributed by atoms with E-state index in [1.165, 1.54) is 16.7 Å². The van der Waals surface area contributed by atoms with Crippen molar-refractivity contribution in [2.75, 3.05) is 0 Å². The summed E-state index contributed by atoms with van der Waals surface area (Å²) in [5, 5.41) is 18.8. The van der Waals surface area contributed by atoms with E-state index in [1.807, 2.05) is 25.1 Å². The number of carboxylic acid groups (broad SMARTS) is 2. The minimum atomic E-state index is -1.21. The Bertz CT molecular complexity index is 1380. The van der Waals surface area contributed by atoms with Gasteiger partial charge in [-0.3, -0.25) is 9.36 Å². The number of carbonyl (C=O) groups is 2. The molecule has 0 unspecified atom stereocenters. The molecule has 3 heterocycles. The Morgan fingerprint density at radius 1 is 1.13 bits per heavy atom. The lowest BCUT2D eigenvalue weighted by molar-refractivity contribution is 0.0657. The molecule has 0 aliphatic heterocycles. The molecule has 3 aromatic heterocycles. The molecule has 2 N–H and O–H groups in total. The summed E-state index contributed by atoms with van der Waals surface area (Å²) in [7, 11) is 0. The van der Waals surface area contributed by atoms with Gasteiger partial charge in [-0.05, 0) is 37.6 Å². The number of hydrogen-bond acceptors (Lipinski definition) is 6. The maximum atomic E-state index is 13.4. The van der Waals surface area contributed by atoms with E-state index in [-0.39, 0.29) is 28.3 Å². The lowest BCUT2D eigenvalue weighted by Gasteiger charge is -2.12. The maximum absolute atomic E-state index is 13.4. The number of fused-ring (bicyclic) bond motifs is 1. The Morgan fingerprint density at radius 3 is 2.53 bits per heavy atom. The van der Waals surface area contributed by atoms with Gasteiger partial charge in [0.15, 0.2) is 0 Å². The Labute approximate surface area is 173 Å². The van der Waals surface area contributed by atoms with E-state index in [0.29, 0.717) is 21.8 Å². The van der Waals surface area contributed by atoms with Crippen molar-refractivity contribution in [3.63, 3.8) is 0 Å². The first-order valence-electron chi connectivity index (χ1n) is 8.92. The van der Waals surface area contributed by atoms with Gasteiger partial charge in [-0.15, -0.1) is 11.3 Å². The average molecular weight is 424 g/mol. The zero-order valence-electron chi connectivity index (χ0n) is 16.0. The zero-order valence-corrected chi connectivity index (χ0v) is 16.8. The van der Waals surface area contributed by atoms with Crippen molar-refractivity contribution in [1.29, 1.82) is 0 Å². The van der Waals surface area contributed by atoms with Crippen LogP contribution in [0.1, 0.15) is 37.1 Å². The number of hydrogen-bond donors (Lipinski definition) is 2. The molecule has 0 saturated heterocycles. The number of thiophene rings is 1. The third kappa shape index (κ3) is 3.29. The summed E-state index contributed by atoms with van der Waals surface area (Å²) in [5.74, 6) is -1.93. The van der Waals surface area contributed by atoms with Crippen LogP contribution < -0.4 is 5.56 Å². The number of carboxylic acids is 2. The van der Waals surface area contributed by atoms with E-state index in [0.717, 1.165) is 16.9 Å². The number of aromatic nitrogens is 2. The van der Waals surface area contributed by atoms with Gasteiger partial charge in [0.05, 0.1) is 11.9 Å². The SMILES string of the molecule is Cc1cccc(-c2nc3sc(C(=O)O)c(C)c3c(=O)n2Cc2ccc(C(=O)O)o2)c1. The number of nitrogens with zero attached hydrogens (tertiary/aromatic N) is 2. The van der Waals surface area contributed by atoms with Gasteiger partial charge in [0.1, 0.15) is 21.3 Å². The van der Waals surface area contributed by atoms with Crippen LogP contribution in [0.15, 0.2) is 45.6 Å². The van der Waals surface area contributed by atoms with Crippen molar-refractivity contribution < 1.29 is 24.2 Å². The molecule has 30 heavy (non-hydrogen) atoms. The second-order valence-electron chi connectivity index (χ2n) is 6.81. The van der Waals surface area contributed by atoms with Crippen LogP contribution in [0.25, 0.3) is 21.6 Å². The molecule has 1 aromatic carbocycles. The molecule has 4 aromatic rings. The summed E-state index contributed by atoms with van der Waals surface area (Å²) >= 11 is 0.957. The smallest absolute Gasteiger partial charge is 0.371 e. The largest absolute Gasteiger partial charge is 0.477 e. The van der Waals surface area contributed by atoms with Crippen molar-refractivity contribution in [3.05, 3.63) is 74.3 Å². The summed E-state index contributed by atoms with van der Waals surface area (Å²) < 4.78 is 6.71. The molecule has 0 aliphatic carbocycles. The van der Waals surface area contributed by atoms with Gasteiger partial charge in [0, 0.05) is 5.56 Å². The maximum Gasteiger partial charge on any atom is 0.371 e. The van der Waals surface area contributed by atoms with Crippen LogP contribution in [0, 0.1) is 13.8 Å². The minimum absolute atomic E-state index is 0.0456. The summed E-state index contributed by atoms with van der Waals surface area (Å²) in [6.45, 7) is 3.45. The quantitative estimate of drug-likeness (QED) is 0.500. The summed E-state index contributed by atoms with van der Waals surface area (Å²) in [4.78, 5) is 41.1. The molecule has 152 valence electrons. The van der Waals surface area contributed by atoms with Crippen molar-refractivity contribution in [3.8, 4) is 11.4 Å². The highest BCUT2D eigenvalue weighted by Gasteiger charge is 2.22. The topological polar surface area (TPSA) is 123 Å². The Kier molecular flexibility index (Phi) is 4.75. The van der Waals surface area contributed by atoms with E-state index < -0.39 is 17.5 Å². The minimum Gasteiger partial charge on any atom is -0.477 e. The van der Waals surface area contributed by atoms with Gasteiger partial charge < -0.3 is 14.6 Å².